The van der Waals surface area contributed by atoms with Crippen LogP contribution in [0.15, 0.2) is 23.3 Å². The molecule has 0 unspecified atom stereocenters. The second kappa shape index (κ2) is 8.28. The van der Waals surface area contributed by atoms with Gasteiger partial charge in [0.15, 0.2) is 0 Å². The maximum absolute atomic E-state index is 12.8. The Labute approximate surface area is 206 Å². The largest absolute Gasteiger partial charge is 0.393 e. The van der Waals surface area contributed by atoms with E-state index >= 15 is 0 Å². The van der Waals surface area contributed by atoms with Crippen molar-refractivity contribution < 1.29 is 20.1 Å². The van der Waals surface area contributed by atoms with Crippen molar-refractivity contribution in [1.29, 1.82) is 0 Å². The van der Waals surface area contributed by atoms with E-state index < -0.39 is 18.3 Å². The summed E-state index contributed by atoms with van der Waals surface area (Å²) >= 11 is 0. The lowest BCUT2D eigenvalue weighted by molar-refractivity contribution is -0.138. The molecule has 0 amide bonds. The van der Waals surface area contributed by atoms with E-state index in [9.17, 15) is 20.1 Å². The third-order valence-electron chi connectivity index (χ3n) is 11.7. The lowest BCUT2D eigenvalue weighted by Gasteiger charge is -2.59. The van der Waals surface area contributed by atoms with Crippen LogP contribution in [0.1, 0.15) is 99.8 Å². The third kappa shape index (κ3) is 3.53. The lowest BCUT2D eigenvalue weighted by Crippen LogP contribution is -2.53. The van der Waals surface area contributed by atoms with Crippen LogP contribution >= 0.6 is 0 Å². The normalized spacial score (nSPS) is 42.5. The first-order chi connectivity index (χ1) is 15.6. The molecule has 0 heterocycles. The fraction of sp³-hybridized carbons (Fsp3) is 0.833. The quantitative estimate of drug-likeness (QED) is 0.470. The van der Waals surface area contributed by atoms with Gasteiger partial charge in [0.1, 0.15) is 11.4 Å². The van der Waals surface area contributed by atoms with E-state index in [-0.39, 0.29) is 21.7 Å². The third-order valence-corrected chi connectivity index (χ3v) is 11.7. The van der Waals surface area contributed by atoms with Crippen LogP contribution in [-0.2, 0) is 4.79 Å². The molecule has 0 aliphatic heterocycles. The number of Topliss-reactive ketones (excluding diaryl/α,β-unsaturated/α-hetero) is 1. The molecule has 0 aromatic carbocycles. The number of hydrogen-bond donors (Lipinski definition) is 3. The van der Waals surface area contributed by atoms with Crippen molar-refractivity contribution in [2.24, 2.45) is 39.4 Å². The number of carbonyl (C=O) groups excluding carboxylic acids is 1. The zero-order valence-corrected chi connectivity index (χ0v) is 22.6. The number of allylic oxidation sites excluding steroid dienone is 4. The molecule has 2 saturated carbocycles. The van der Waals surface area contributed by atoms with E-state index in [1.165, 1.54) is 25.3 Å². The predicted molar refractivity (Wildman–Crippen MR) is 136 cm³/mol. The fourth-order valence-electron chi connectivity index (χ4n) is 8.80. The van der Waals surface area contributed by atoms with E-state index in [0.717, 1.165) is 25.7 Å². The van der Waals surface area contributed by atoms with Crippen LogP contribution in [0, 0.1) is 39.4 Å². The molecule has 4 rings (SSSR count). The number of carbonyl (C=O) groups is 1. The van der Waals surface area contributed by atoms with Crippen molar-refractivity contribution in [2.75, 3.05) is 6.61 Å². The van der Waals surface area contributed by atoms with Crippen LogP contribution in [0.5, 0.6) is 0 Å². The first kappa shape index (κ1) is 26.1. The lowest BCUT2D eigenvalue weighted by atomic mass is 9.44. The molecule has 0 aromatic heterocycles. The second-order valence-electron chi connectivity index (χ2n) is 13.8. The molecular weight excluding hydrogens is 424 g/mol. The molecule has 0 radical (unpaired) electrons. The molecule has 4 heteroatoms. The molecule has 192 valence electrons. The summed E-state index contributed by atoms with van der Waals surface area (Å²) in [7, 11) is 0. The van der Waals surface area contributed by atoms with Crippen LogP contribution in [0.2, 0.25) is 0 Å². The average molecular weight is 473 g/mol. The van der Waals surface area contributed by atoms with Gasteiger partial charge in [0.05, 0.1) is 12.7 Å². The Hall–Kier alpha value is -0.970. The summed E-state index contributed by atoms with van der Waals surface area (Å²) in [5, 5.41) is 30.0. The summed E-state index contributed by atoms with van der Waals surface area (Å²) in [6.07, 6.45) is 11.6. The summed E-state index contributed by atoms with van der Waals surface area (Å²) in [6.45, 7) is 15.1. The summed E-state index contributed by atoms with van der Waals surface area (Å²) in [5.41, 5.74) is 1.76. The van der Waals surface area contributed by atoms with Gasteiger partial charge >= 0.3 is 0 Å². The zero-order valence-electron chi connectivity index (χ0n) is 22.6. The minimum Gasteiger partial charge on any atom is -0.393 e. The Bertz CT molecular complexity index is 897. The SMILES string of the molecule is C[C@@H](CC[C@@H](O)[C@@](C)(O)CO)[C@@H]1CC[C@]2(C)C3=CC[C@@H]4C(C)(C)C(=O)CC[C@@]4(C)C3=CC[C@@]12C. The summed E-state index contributed by atoms with van der Waals surface area (Å²) in [5.74, 6) is 1.79. The summed E-state index contributed by atoms with van der Waals surface area (Å²) in [6, 6.07) is 0. The number of aliphatic hydroxyl groups excluding tert-OH is 2. The highest BCUT2D eigenvalue weighted by Gasteiger charge is 2.63. The van der Waals surface area contributed by atoms with E-state index in [1.54, 1.807) is 5.57 Å². The Balaban J connectivity index is 1.60. The van der Waals surface area contributed by atoms with Crippen LogP contribution in [-0.4, -0.2) is 39.4 Å². The van der Waals surface area contributed by atoms with Gasteiger partial charge in [0.2, 0.25) is 0 Å². The summed E-state index contributed by atoms with van der Waals surface area (Å²) < 4.78 is 0. The number of hydrogen-bond acceptors (Lipinski definition) is 4. The Morgan fingerprint density at radius 2 is 1.76 bits per heavy atom. The molecule has 3 N–H and O–H groups in total. The van der Waals surface area contributed by atoms with Crippen molar-refractivity contribution in [2.45, 2.75) is 112 Å². The molecule has 0 bridgehead atoms. The standard InChI is InChI=1S/C30H48O4/c1-19(8-11-25(33)30(7,34)18-31)20-12-16-29(6)22-9-10-23-26(2,3)24(32)14-15-27(23,4)21(22)13-17-28(20,29)5/h9,13,19-20,23,25,31,33-34H,8,10-12,14-18H2,1-7H3/t19-,20-,23+,25+,27-,28-,29+,30-/m0/s1. The van der Waals surface area contributed by atoms with Crippen LogP contribution in [0.4, 0.5) is 0 Å². The van der Waals surface area contributed by atoms with E-state index in [0.29, 0.717) is 36.4 Å². The van der Waals surface area contributed by atoms with Gasteiger partial charge in [-0.05, 0) is 97.0 Å². The van der Waals surface area contributed by atoms with Crippen LogP contribution in [0.25, 0.3) is 0 Å². The molecule has 4 nitrogen and oxygen atoms in total. The van der Waals surface area contributed by atoms with Crippen molar-refractivity contribution >= 4 is 5.78 Å². The van der Waals surface area contributed by atoms with Crippen molar-refractivity contribution in [1.82, 2.24) is 0 Å². The average Bonchev–Trinajstić information content (AvgIpc) is 3.06. The fourth-order valence-corrected chi connectivity index (χ4v) is 8.80. The molecule has 4 aliphatic carbocycles. The van der Waals surface area contributed by atoms with Crippen molar-refractivity contribution in [3.05, 3.63) is 23.3 Å². The number of fused-ring (bicyclic) bond motifs is 5. The Kier molecular flexibility index (Phi) is 6.36. The van der Waals surface area contributed by atoms with Crippen molar-refractivity contribution in [3.8, 4) is 0 Å². The predicted octanol–water partition coefficient (Wildman–Crippen LogP) is 5.60. The molecule has 0 spiro atoms. The second-order valence-corrected chi connectivity index (χ2v) is 13.8. The molecular formula is C30H48O4. The maximum Gasteiger partial charge on any atom is 0.138 e. The highest BCUT2D eigenvalue weighted by molar-refractivity contribution is 5.86. The van der Waals surface area contributed by atoms with Gasteiger partial charge in [-0.3, -0.25) is 4.79 Å². The van der Waals surface area contributed by atoms with Crippen LogP contribution in [0.3, 0.4) is 0 Å². The van der Waals surface area contributed by atoms with Crippen LogP contribution < -0.4 is 0 Å². The minimum atomic E-state index is -1.44. The van der Waals surface area contributed by atoms with Gasteiger partial charge in [-0.1, -0.05) is 53.7 Å². The maximum atomic E-state index is 12.8. The molecule has 0 aromatic rings. The number of ketones is 1. The highest BCUT2D eigenvalue weighted by atomic mass is 16.4. The van der Waals surface area contributed by atoms with Gasteiger partial charge in [-0.25, -0.2) is 0 Å². The molecule has 8 atom stereocenters. The number of rotatable bonds is 6. The molecule has 0 saturated heterocycles. The van der Waals surface area contributed by atoms with Gasteiger partial charge in [0.25, 0.3) is 0 Å². The first-order valence-corrected chi connectivity index (χ1v) is 13.6. The van der Waals surface area contributed by atoms with Gasteiger partial charge in [-0.15, -0.1) is 0 Å². The Morgan fingerprint density at radius 3 is 2.41 bits per heavy atom. The summed E-state index contributed by atoms with van der Waals surface area (Å²) in [4.78, 5) is 12.8. The number of aliphatic hydroxyl groups is 3. The smallest absolute Gasteiger partial charge is 0.138 e. The highest BCUT2D eigenvalue weighted by Crippen LogP contribution is 2.71. The zero-order chi connectivity index (χ0) is 25.3. The van der Waals surface area contributed by atoms with Gasteiger partial charge in [-0.2, -0.15) is 0 Å². The van der Waals surface area contributed by atoms with Gasteiger partial charge < -0.3 is 15.3 Å². The van der Waals surface area contributed by atoms with E-state index in [1.807, 2.05) is 0 Å². The monoisotopic (exact) mass is 472 g/mol. The first-order valence-electron chi connectivity index (χ1n) is 13.6. The van der Waals surface area contributed by atoms with E-state index in [2.05, 4.69) is 53.7 Å². The van der Waals surface area contributed by atoms with Gasteiger partial charge in [0, 0.05) is 11.8 Å². The van der Waals surface area contributed by atoms with Crippen molar-refractivity contribution in [3.63, 3.8) is 0 Å². The topological polar surface area (TPSA) is 77.8 Å². The molecule has 34 heavy (non-hydrogen) atoms. The van der Waals surface area contributed by atoms with E-state index in [4.69, 9.17) is 0 Å². The Morgan fingerprint density at radius 1 is 1.09 bits per heavy atom. The minimum absolute atomic E-state index is 0.0789. The molecule has 2 fully saturated rings. The molecule has 4 aliphatic rings.